The van der Waals surface area contributed by atoms with Gasteiger partial charge in [0.2, 0.25) is 5.90 Å². The highest BCUT2D eigenvalue weighted by molar-refractivity contribution is 7.87. The van der Waals surface area contributed by atoms with Crippen molar-refractivity contribution in [3.05, 3.63) is 103 Å². The molecule has 0 amide bonds. The molecule has 0 radical (unpaired) electrons. The number of nitrogens with zero attached hydrogens (tertiary/aromatic N) is 3. The number of aliphatic imine (C=N–C) groups is 1. The second-order valence-corrected chi connectivity index (χ2v) is 9.79. The number of nitro benzene ring substituents is 2. The second kappa shape index (κ2) is 10.3. The van der Waals surface area contributed by atoms with Crippen molar-refractivity contribution in [2.75, 3.05) is 7.11 Å². The maximum Gasteiger partial charge on any atom is 0.363 e. The minimum absolute atomic E-state index is 0.00361. The van der Waals surface area contributed by atoms with Crippen molar-refractivity contribution < 1.29 is 36.7 Å². The van der Waals surface area contributed by atoms with Crippen LogP contribution < -0.4 is 8.92 Å². The molecule has 0 unspecified atom stereocenters. The van der Waals surface area contributed by atoms with E-state index in [2.05, 4.69) is 4.99 Å². The van der Waals surface area contributed by atoms with Gasteiger partial charge in [-0.25, -0.2) is 9.79 Å². The van der Waals surface area contributed by atoms with Gasteiger partial charge in [-0.3, -0.25) is 20.2 Å². The van der Waals surface area contributed by atoms with Crippen LogP contribution in [0.2, 0.25) is 0 Å². The fraction of sp³-hybridized carbons (Fsp3) is 0.120. The van der Waals surface area contributed by atoms with Gasteiger partial charge in [0.05, 0.1) is 17.0 Å². The van der Waals surface area contributed by atoms with Gasteiger partial charge in [-0.05, 0) is 55.8 Å². The number of methoxy groups -OCH3 is 1. The molecule has 4 rings (SSSR count). The molecule has 3 aromatic carbocycles. The molecular weight excluding hydrogens is 534 g/mol. The van der Waals surface area contributed by atoms with Crippen molar-refractivity contribution in [2.24, 2.45) is 4.99 Å². The average molecular weight is 554 g/mol. The zero-order chi connectivity index (χ0) is 28.5. The number of benzene rings is 3. The molecule has 1 heterocycles. The number of ether oxygens (including phenoxy) is 2. The lowest BCUT2D eigenvalue weighted by atomic mass is 10.1. The molecule has 3 aromatic rings. The lowest BCUT2D eigenvalue weighted by Crippen LogP contribution is -2.11. The summed E-state index contributed by atoms with van der Waals surface area (Å²) >= 11 is 0. The molecule has 39 heavy (non-hydrogen) atoms. The molecule has 0 bridgehead atoms. The van der Waals surface area contributed by atoms with Gasteiger partial charge in [0.25, 0.3) is 11.4 Å². The molecule has 0 fully saturated rings. The highest BCUT2D eigenvalue weighted by Gasteiger charge is 2.26. The first-order chi connectivity index (χ1) is 18.4. The van der Waals surface area contributed by atoms with E-state index in [0.717, 1.165) is 6.07 Å². The molecule has 0 aliphatic carbocycles. The summed E-state index contributed by atoms with van der Waals surface area (Å²) in [7, 11) is -3.17. The highest BCUT2D eigenvalue weighted by atomic mass is 32.2. The first-order valence-corrected chi connectivity index (χ1v) is 12.5. The van der Waals surface area contributed by atoms with Crippen LogP contribution in [0.4, 0.5) is 11.4 Å². The lowest BCUT2D eigenvalue weighted by Gasteiger charge is -2.11. The minimum atomic E-state index is -4.45. The molecule has 0 saturated carbocycles. The first kappa shape index (κ1) is 26.9. The summed E-state index contributed by atoms with van der Waals surface area (Å²) in [5.74, 6) is -0.989. The van der Waals surface area contributed by atoms with E-state index in [1.54, 1.807) is 6.92 Å². The third-order valence-corrected chi connectivity index (χ3v) is 6.85. The fourth-order valence-electron chi connectivity index (χ4n) is 3.63. The van der Waals surface area contributed by atoms with E-state index in [1.165, 1.54) is 68.6 Å². The number of cyclic esters (lactones) is 1. The Balaban J connectivity index is 1.61. The molecule has 0 saturated heterocycles. The van der Waals surface area contributed by atoms with Crippen LogP contribution >= 0.6 is 0 Å². The van der Waals surface area contributed by atoms with E-state index in [4.69, 9.17) is 13.7 Å². The molecule has 0 N–H and O–H groups in total. The number of carbonyl (C=O) groups is 1. The summed E-state index contributed by atoms with van der Waals surface area (Å²) in [5, 5.41) is 22.2. The first-order valence-electron chi connectivity index (χ1n) is 11.0. The van der Waals surface area contributed by atoms with E-state index in [-0.39, 0.29) is 40.0 Å². The molecule has 13 nitrogen and oxygen atoms in total. The van der Waals surface area contributed by atoms with Gasteiger partial charge in [0.15, 0.2) is 17.2 Å². The Hall–Kier alpha value is -5.11. The van der Waals surface area contributed by atoms with E-state index in [1.807, 2.05) is 0 Å². The number of carbonyl (C=O) groups excluding carboxylic acids is 1. The van der Waals surface area contributed by atoms with Crippen LogP contribution in [0, 0.1) is 34.1 Å². The smallest absolute Gasteiger partial charge is 0.363 e. The summed E-state index contributed by atoms with van der Waals surface area (Å²) < 4.78 is 41.2. The van der Waals surface area contributed by atoms with Crippen molar-refractivity contribution in [1.82, 2.24) is 0 Å². The van der Waals surface area contributed by atoms with Crippen molar-refractivity contribution >= 4 is 39.4 Å². The number of nitro groups is 2. The van der Waals surface area contributed by atoms with E-state index in [9.17, 15) is 33.4 Å². The number of hydrogen-bond donors (Lipinski definition) is 0. The van der Waals surface area contributed by atoms with Gasteiger partial charge < -0.3 is 13.7 Å². The summed E-state index contributed by atoms with van der Waals surface area (Å²) in [5.41, 5.74) is 0.879. The third kappa shape index (κ3) is 5.60. The molecule has 14 heteroatoms. The van der Waals surface area contributed by atoms with Gasteiger partial charge in [0, 0.05) is 28.8 Å². The van der Waals surface area contributed by atoms with Crippen LogP contribution in [0.15, 0.2) is 70.2 Å². The Labute approximate surface area is 221 Å². The molecule has 200 valence electrons. The van der Waals surface area contributed by atoms with Crippen molar-refractivity contribution in [3.8, 4) is 11.5 Å². The fourth-order valence-corrected chi connectivity index (χ4v) is 4.60. The minimum Gasteiger partial charge on any atom is -0.493 e. The summed E-state index contributed by atoms with van der Waals surface area (Å²) in [6.45, 7) is 3.03. The maximum absolute atomic E-state index is 12.8. The van der Waals surface area contributed by atoms with Crippen molar-refractivity contribution in [1.29, 1.82) is 0 Å². The van der Waals surface area contributed by atoms with Crippen molar-refractivity contribution in [2.45, 2.75) is 18.7 Å². The zero-order valence-corrected chi connectivity index (χ0v) is 21.4. The average Bonchev–Trinajstić information content (AvgIpc) is 3.24. The van der Waals surface area contributed by atoms with Gasteiger partial charge in [-0.1, -0.05) is 12.1 Å². The highest BCUT2D eigenvalue weighted by Crippen LogP contribution is 2.33. The van der Waals surface area contributed by atoms with Crippen LogP contribution in [-0.2, 0) is 19.6 Å². The standard InChI is InChI=1S/C25H19N3O10S/c1-14-4-7-18(13-21(14)28(32)33)39(34,35)38-22-9-5-16(12-23(22)36-3)11-19-25(29)37-24(26-19)17-6-8-20(27(30)31)15(2)10-17/h4-13H,1-3H3. The van der Waals surface area contributed by atoms with Crippen molar-refractivity contribution in [3.63, 3.8) is 0 Å². The Morgan fingerprint density at radius 3 is 2.26 bits per heavy atom. The predicted octanol–water partition coefficient (Wildman–Crippen LogP) is 4.24. The Kier molecular flexibility index (Phi) is 7.14. The van der Waals surface area contributed by atoms with Crippen LogP contribution in [0.3, 0.4) is 0 Å². The van der Waals surface area contributed by atoms with Crippen LogP contribution in [0.25, 0.3) is 6.08 Å². The normalized spacial score (nSPS) is 14.1. The van der Waals surface area contributed by atoms with E-state index in [0.29, 0.717) is 16.7 Å². The monoisotopic (exact) mass is 553 g/mol. The summed E-state index contributed by atoms with van der Waals surface area (Å²) in [4.78, 5) is 37.2. The van der Waals surface area contributed by atoms with Gasteiger partial charge in [-0.2, -0.15) is 8.42 Å². The molecule has 1 aliphatic rings. The SMILES string of the molecule is COc1cc(C=C2N=C(c3ccc([N+](=O)[O-])c(C)c3)OC2=O)ccc1OS(=O)(=O)c1ccc(C)c([N+](=O)[O-])c1. The number of rotatable bonds is 8. The zero-order valence-electron chi connectivity index (χ0n) is 20.6. The lowest BCUT2D eigenvalue weighted by molar-refractivity contribution is -0.385. The second-order valence-electron chi connectivity index (χ2n) is 8.25. The molecule has 0 aromatic heterocycles. The van der Waals surface area contributed by atoms with Crippen LogP contribution in [-0.4, -0.2) is 37.2 Å². The van der Waals surface area contributed by atoms with Gasteiger partial charge in [-0.15, -0.1) is 0 Å². The number of aryl methyl sites for hydroxylation is 2. The van der Waals surface area contributed by atoms with Crippen LogP contribution in [0.5, 0.6) is 11.5 Å². The largest absolute Gasteiger partial charge is 0.493 e. The Morgan fingerprint density at radius 2 is 1.62 bits per heavy atom. The Morgan fingerprint density at radius 1 is 0.897 bits per heavy atom. The Bertz CT molecular complexity index is 1710. The third-order valence-electron chi connectivity index (χ3n) is 5.62. The summed E-state index contributed by atoms with van der Waals surface area (Å²) in [6, 6.07) is 11.7. The molecule has 1 aliphatic heterocycles. The van der Waals surface area contributed by atoms with E-state index >= 15 is 0 Å². The topological polar surface area (TPSA) is 178 Å². The maximum atomic E-state index is 12.8. The van der Waals surface area contributed by atoms with Gasteiger partial charge >= 0.3 is 16.1 Å². The predicted molar refractivity (Wildman–Crippen MR) is 137 cm³/mol. The summed E-state index contributed by atoms with van der Waals surface area (Å²) in [6.07, 6.45) is 1.37. The van der Waals surface area contributed by atoms with E-state index < -0.39 is 30.8 Å². The molecule has 0 spiro atoms. The van der Waals surface area contributed by atoms with Gasteiger partial charge in [0.1, 0.15) is 4.90 Å². The number of esters is 1. The molecule has 0 atom stereocenters. The number of hydrogen-bond acceptors (Lipinski definition) is 11. The molecular formula is C25H19N3O10S. The van der Waals surface area contributed by atoms with Crippen LogP contribution in [0.1, 0.15) is 22.3 Å². The quantitative estimate of drug-likeness (QED) is 0.129.